The molecule has 1 aromatic heterocycles. The maximum absolute atomic E-state index is 12.8. The van der Waals surface area contributed by atoms with Crippen LogP contribution < -0.4 is 5.73 Å². The van der Waals surface area contributed by atoms with Gasteiger partial charge in [0.05, 0.1) is 18.7 Å². The van der Waals surface area contributed by atoms with E-state index >= 15 is 0 Å². The summed E-state index contributed by atoms with van der Waals surface area (Å²) in [5, 5.41) is 3.82. The second-order valence-electron chi connectivity index (χ2n) is 5.17. The molecule has 2 N–H and O–H groups in total. The summed E-state index contributed by atoms with van der Waals surface area (Å²) in [6, 6.07) is 5.13. The van der Waals surface area contributed by atoms with Gasteiger partial charge in [0.1, 0.15) is 0 Å². The highest BCUT2D eigenvalue weighted by molar-refractivity contribution is 5.85. The Balaban J connectivity index is 0.00000288. The molecule has 0 aliphatic heterocycles. The molecular formula is C15H20ClF3N4O. The van der Waals surface area contributed by atoms with E-state index in [-0.39, 0.29) is 25.0 Å². The average Bonchev–Trinajstić information content (AvgIpc) is 2.99. The topological polar surface area (TPSA) is 68.2 Å². The lowest BCUT2D eigenvalue weighted by atomic mass is 10.0. The van der Waals surface area contributed by atoms with Crippen molar-refractivity contribution in [2.24, 2.45) is 5.73 Å². The van der Waals surface area contributed by atoms with Crippen molar-refractivity contribution in [3.63, 3.8) is 0 Å². The predicted molar refractivity (Wildman–Crippen MR) is 85.4 cm³/mol. The number of rotatable bonds is 6. The second-order valence-corrected chi connectivity index (χ2v) is 5.17. The van der Waals surface area contributed by atoms with E-state index in [2.05, 4.69) is 10.1 Å². The zero-order chi connectivity index (χ0) is 17.0. The van der Waals surface area contributed by atoms with Crippen LogP contribution in [0.25, 0.3) is 0 Å². The Morgan fingerprint density at radius 2 is 2.04 bits per heavy atom. The van der Waals surface area contributed by atoms with Crippen molar-refractivity contribution in [1.29, 1.82) is 0 Å². The second kappa shape index (κ2) is 8.46. The van der Waals surface area contributed by atoms with Crippen LogP contribution in [-0.4, -0.2) is 21.6 Å². The van der Waals surface area contributed by atoms with Gasteiger partial charge in [0, 0.05) is 6.04 Å². The molecule has 1 aromatic carbocycles. The first kappa shape index (κ1) is 20.4. The summed E-state index contributed by atoms with van der Waals surface area (Å²) in [6.07, 6.45) is -4.35. The van der Waals surface area contributed by atoms with Crippen LogP contribution >= 0.6 is 12.4 Å². The van der Waals surface area contributed by atoms with Crippen LogP contribution in [0.3, 0.4) is 0 Å². The van der Waals surface area contributed by atoms with E-state index in [0.717, 1.165) is 6.07 Å². The highest BCUT2D eigenvalue weighted by Crippen LogP contribution is 2.32. The fourth-order valence-electron chi connectivity index (χ4n) is 2.33. The van der Waals surface area contributed by atoms with Gasteiger partial charge in [-0.1, -0.05) is 24.2 Å². The SMILES string of the molecule is CCN(Cc1noc(CN)n1)C(C)c1cccc(C(F)(F)F)c1.Cl. The summed E-state index contributed by atoms with van der Waals surface area (Å²) in [4.78, 5) is 6.08. The van der Waals surface area contributed by atoms with Crippen molar-refractivity contribution >= 4 is 12.4 Å². The molecule has 5 nitrogen and oxygen atoms in total. The van der Waals surface area contributed by atoms with E-state index in [0.29, 0.717) is 30.4 Å². The van der Waals surface area contributed by atoms with Crippen molar-refractivity contribution in [2.45, 2.75) is 39.2 Å². The molecule has 0 amide bonds. The van der Waals surface area contributed by atoms with Gasteiger partial charge in [0.15, 0.2) is 5.82 Å². The van der Waals surface area contributed by atoms with E-state index < -0.39 is 11.7 Å². The van der Waals surface area contributed by atoms with Crippen LogP contribution in [0.2, 0.25) is 0 Å². The molecule has 1 heterocycles. The Morgan fingerprint density at radius 3 is 2.58 bits per heavy atom. The smallest absolute Gasteiger partial charge is 0.338 e. The molecule has 2 rings (SSSR count). The fraction of sp³-hybridized carbons (Fsp3) is 0.467. The van der Waals surface area contributed by atoms with Crippen LogP contribution in [0.5, 0.6) is 0 Å². The summed E-state index contributed by atoms with van der Waals surface area (Å²) in [5.74, 6) is 0.800. The lowest BCUT2D eigenvalue weighted by Gasteiger charge is -2.27. The largest absolute Gasteiger partial charge is 0.416 e. The molecule has 2 aromatic rings. The van der Waals surface area contributed by atoms with Gasteiger partial charge in [-0.3, -0.25) is 4.90 Å². The third-order valence-corrected chi connectivity index (χ3v) is 3.68. The van der Waals surface area contributed by atoms with Gasteiger partial charge in [0.25, 0.3) is 0 Å². The van der Waals surface area contributed by atoms with Gasteiger partial charge < -0.3 is 10.3 Å². The summed E-state index contributed by atoms with van der Waals surface area (Å²) in [7, 11) is 0. The number of hydrogen-bond acceptors (Lipinski definition) is 5. The molecule has 134 valence electrons. The number of alkyl halides is 3. The van der Waals surface area contributed by atoms with Crippen LogP contribution in [0.1, 0.15) is 42.7 Å². The maximum Gasteiger partial charge on any atom is 0.416 e. The number of aromatic nitrogens is 2. The Hall–Kier alpha value is -1.64. The van der Waals surface area contributed by atoms with E-state index in [1.165, 1.54) is 12.1 Å². The minimum absolute atomic E-state index is 0. The average molecular weight is 365 g/mol. The van der Waals surface area contributed by atoms with Gasteiger partial charge in [0.2, 0.25) is 5.89 Å². The minimum atomic E-state index is -4.35. The normalized spacial score (nSPS) is 13.0. The number of hydrogen-bond donors (Lipinski definition) is 1. The summed E-state index contributed by atoms with van der Waals surface area (Å²) in [6.45, 7) is 4.93. The molecule has 0 radical (unpaired) electrons. The zero-order valence-electron chi connectivity index (χ0n) is 13.4. The zero-order valence-corrected chi connectivity index (χ0v) is 14.2. The van der Waals surface area contributed by atoms with Crippen LogP contribution in [0, 0.1) is 0 Å². The minimum Gasteiger partial charge on any atom is -0.338 e. The Kier molecular flexibility index (Phi) is 7.19. The number of halogens is 4. The first-order valence-corrected chi connectivity index (χ1v) is 7.27. The third kappa shape index (κ3) is 4.93. The highest BCUT2D eigenvalue weighted by Gasteiger charge is 2.31. The first-order chi connectivity index (χ1) is 10.8. The molecule has 0 fully saturated rings. The van der Waals surface area contributed by atoms with Crippen molar-refractivity contribution in [3.8, 4) is 0 Å². The summed E-state index contributed by atoms with van der Waals surface area (Å²) >= 11 is 0. The molecule has 1 unspecified atom stereocenters. The molecule has 0 saturated heterocycles. The van der Waals surface area contributed by atoms with Crippen molar-refractivity contribution in [3.05, 3.63) is 47.1 Å². The lowest BCUT2D eigenvalue weighted by molar-refractivity contribution is -0.137. The molecule has 0 bridgehead atoms. The van der Waals surface area contributed by atoms with Gasteiger partial charge in [-0.15, -0.1) is 12.4 Å². The summed E-state index contributed by atoms with van der Waals surface area (Å²) < 4.78 is 43.5. The Labute approximate surface area is 144 Å². The lowest BCUT2D eigenvalue weighted by Crippen LogP contribution is -2.27. The van der Waals surface area contributed by atoms with Crippen LogP contribution in [-0.2, 0) is 19.3 Å². The van der Waals surface area contributed by atoms with Crippen LogP contribution in [0.15, 0.2) is 28.8 Å². The molecular weight excluding hydrogens is 345 g/mol. The van der Waals surface area contributed by atoms with Gasteiger partial charge in [-0.05, 0) is 31.2 Å². The standard InChI is InChI=1S/C15H19F3N4O.ClH/c1-3-22(9-13-20-14(8-19)23-21-13)10(2)11-5-4-6-12(7-11)15(16,17)18;/h4-7,10H,3,8-9,19H2,1-2H3;1H. The molecule has 0 aliphatic carbocycles. The van der Waals surface area contributed by atoms with E-state index in [1.807, 2.05) is 18.7 Å². The van der Waals surface area contributed by atoms with Crippen LogP contribution in [0.4, 0.5) is 13.2 Å². The van der Waals surface area contributed by atoms with E-state index in [9.17, 15) is 13.2 Å². The molecule has 9 heteroatoms. The van der Waals surface area contributed by atoms with Gasteiger partial charge in [-0.2, -0.15) is 18.2 Å². The molecule has 24 heavy (non-hydrogen) atoms. The van der Waals surface area contributed by atoms with Crippen molar-refractivity contribution in [2.75, 3.05) is 6.54 Å². The maximum atomic E-state index is 12.8. The number of nitrogens with zero attached hydrogens (tertiary/aromatic N) is 3. The van der Waals surface area contributed by atoms with E-state index in [4.69, 9.17) is 10.3 Å². The van der Waals surface area contributed by atoms with E-state index in [1.54, 1.807) is 6.07 Å². The van der Waals surface area contributed by atoms with Crippen molar-refractivity contribution < 1.29 is 17.7 Å². The molecule has 1 atom stereocenters. The molecule has 0 aliphatic rings. The predicted octanol–water partition coefficient (Wildman–Crippen LogP) is 3.55. The monoisotopic (exact) mass is 364 g/mol. The Bertz CT molecular complexity index is 648. The fourth-order valence-corrected chi connectivity index (χ4v) is 2.33. The molecule has 0 saturated carbocycles. The quantitative estimate of drug-likeness (QED) is 0.848. The molecule has 0 spiro atoms. The van der Waals surface area contributed by atoms with Gasteiger partial charge in [-0.25, -0.2) is 0 Å². The highest BCUT2D eigenvalue weighted by atomic mass is 35.5. The first-order valence-electron chi connectivity index (χ1n) is 7.27. The number of benzene rings is 1. The number of nitrogens with two attached hydrogens (primary N) is 1. The van der Waals surface area contributed by atoms with Gasteiger partial charge >= 0.3 is 6.18 Å². The summed E-state index contributed by atoms with van der Waals surface area (Å²) in [5.41, 5.74) is 5.36. The van der Waals surface area contributed by atoms with Crippen molar-refractivity contribution in [1.82, 2.24) is 15.0 Å². The third-order valence-electron chi connectivity index (χ3n) is 3.68. The Morgan fingerprint density at radius 1 is 1.33 bits per heavy atom.